The van der Waals surface area contributed by atoms with Crippen LogP contribution in [-0.2, 0) is 9.59 Å². The molecule has 14 heavy (non-hydrogen) atoms. The first-order chi connectivity index (χ1) is 6.70. The second-order valence-electron chi connectivity index (χ2n) is 3.51. The Morgan fingerprint density at radius 1 is 0.929 bits per heavy atom. The Hall–Kier alpha value is -1.14. The van der Waals surface area contributed by atoms with Gasteiger partial charge in [-0.15, -0.1) is 0 Å². The third kappa shape index (κ3) is 2.21. The van der Waals surface area contributed by atoms with Gasteiger partial charge in [-0.05, 0) is 12.8 Å². The second-order valence-corrected chi connectivity index (χ2v) is 3.51. The van der Waals surface area contributed by atoms with Crippen molar-refractivity contribution >= 4 is 11.8 Å². The van der Waals surface area contributed by atoms with E-state index >= 15 is 0 Å². The summed E-state index contributed by atoms with van der Waals surface area (Å²) in [5, 5.41) is 0. The monoisotopic (exact) mass is 200 g/mol. The van der Waals surface area contributed by atoms with Crippen molar-refractivity contribution < 1.29 is 9.59 Å². The number of nitrogens with one attached hydrogen (secondary N) is 2. The summed E-state index contributed by atoms with van der Waals surface area (Å²) in [6.45, 7) is 0. The number of carbonyl (C=O) groups is 2. The van der Waals surface area contributed by atoms with E-state index in [2.05, 4.69) is 10.9 Å². The highest BCUT2D eigenvalue weighted by atomic mass is 16.2. The predicted octanol–water partition coefficient (Wildman–Crippen LogP) is -1.23. The molecule has 6 heteroatoms. The first-order valence-corrected chi connectivity index (χ1v) is 4.71. The van der Waals surface area contributed by atoms with Gasteiger partial charge in [0.15, 0.2) is 0 Å². The number of carbonyl (C=O) groups excluding carboxylic acids is 2. The number of hydrazine groups is 2. The topological polar surface area (TPSA) is 110 Å². The Bertz CT molecular complexity index is 207. The Morgan fingerprint density at radius 2 is 1.29 bits per heavy atom. The highest BCUT2D eigenvalue weighted by molar-refractivity contribution is 5.87. The molecule has 80 valence electrons. The molecule has 0 bridgehead atoms. The zero-order chi connectivity index (χ0) is 10.6. The summed E-state index contributed by atoms with van der Waals surface area (Å²) < 4.78 is 0. The van der Waals surface area contributed by atoms with Gasteiger partial charge in [-0.25, -0.2) is 11.7 Å². The molecule has 1 aliphatic carbocycles. The summed E-state index contributed by atoms with van der Waals surface area (Å²) in [5.74, 6) is 8.86. The molecule has 0 spiro atoms. The summed E-state index contributed by atoms with van der Waals surface area (Å²) in [6.07, 6.45) is 3.29. The van der Waals surface area contributed by atoms with Crippen molar-refractivity contribution in [2.75, 3.05) is 0 Å². The predicted molar refractivity (Wildman–Crippen MR) is 50.1 cm³/mol. The first-order valence-electron chi connectivity index (χ1n) is 4.71. The van der Waals surface area contributed by atoms with E-state index in [0.29, 0.717) is 12.8 Å². The number of hydrogen-bond acceptors (Lipinski definition) is 4. The maximum Gasteiger partial charge on any atom is 0.237 e. The SMILES string of the molecule is NNC(=O)C1CCCC[C@@H]1C(=O)NN. The molecule has 0 aliphatic heterocycles. The van der Waals surface area contributed by atoms with Crippen LogP contribution in [-0.4, -0.2) is 11.8 Å². The van der Waals surface area contributed by atoms with E-state index in [1.165, 1.54) is 0 Å². The van der Waals surface area contributed by atoms with Gasteiger partial charge in [-0.1, -0.05) is 12.8 Å². The largest absolute Gasteiger partial charge is 0.294 e. The number of nitrogens with two attached hydrogens (primary N) is 2. The van der Waals surface area contributed by atoms with E-state index in [4.69, 9.17) is 11.7 Å². The average Bonchev–Trinajstić information content (AvgIpc) is 2.27. The minimum Gasteiger partial charge on any atom is -0.294 e. The highest BCUT2D eigenvalue weighted by Gasteiger charge is 2.34. The fourth-order valence-electron chi connectivity index (χ4n) is 1.97. The van der Waals surface area contributed by atoms with Crippen molar-refractivity contribution in [3.05, 3.63) is 0 Å². The van der Waals surface area contributed by atoms with Gasteiger partial charge < -0.3 is 0 Å². The van der Waals surface area contributed by atoms with Crippen LogP contribution in [0.4, 0.5) is 0 Å². The molecule has 0 heterocycles. The van der Waals surface area contributed by atoms with Gasteiger partial charge in [0.25, 0.3) is 0 Å². The van der Waals surface area contributed by atoms with E-state index in [-0.39, 0.29) is 23.7 Å². The van der Waals surface area contributed by atoms with Crippen LogP contribution < -0.4 is 22.5 Å². The zero-order valence-electron chi connectivity index (χ0n) is 7.95. The quantitative estimate of drug-likeness (QED) is 0.254. The minimum atomic E-state index is -0.336. The molecule has 2 atom stereocenters. The lowest BCUT2D eigenvalue weighted by atomic mass is 9.78. The van der Waals surface area contributed by atoms with Crippen LogP contribution in [0.1, 0.15) is 25.7 Å². The zero-order valence-corrected chi connectivity index (χ0v) is 7.95. The van der Waals surface area contributed by atoms with Crippen molar-refractivity contribution in [2.45, 2.75) is 25.7 Å². The molecule has 0 aromatic carbocycles. The third-order valence-corrected chi connectivity index (χ3v) is 2.72. The van der Waals surface area contributed by atoms with Crippen LogP contribution >= 0.6 is 0 Å². The summed E-state index contributed by atoms with van der Waals surface area (Å²) in [7, 11) is 0. The fourth-order valence-corrected chi connectivity index (χ4v) is 1.97. The van der Waals surface area contributed by atoms with Crippen LogP contribution in [0, 0.1) is 11.8 Å². The van der Waals surface area contributed by atoms with E-state index in [1.807, 2.05) is 0 Å². The molecule has 2 amide bonds. The summed E-state index contributed by atoms with van der Waals surface area (Å²) >= 11 is 0. The molecule has 1 aliphatic rings. The van der Waals surface area contributed by atoms with Gasteiger partial charge in [0.1, 0.15) is 0 Å². The molecular weight excluding hydrogens is 184 g/mol. The second kappa shape index (κ2) is 4.92. The van der Waals surface area contributed by atoms with Crippen LogP contribution in [0.25, 0.3) is 0 Å². The summed E-state index contributed by atoms with van der Waals surface area (Å²) in [6, 6.07) is 0. The van der Waals surface area contributed by atoms with E-state index in [1.54, 1.807) is 0 Å². The smallest absolute Gasteiger partial charge is 0.237 e. The third-order valence-electron chi connectivity index (χ3n) is 2.72. The van der Waals surface area contributed by atoms with Crippen molar-refractivity contribution in [3.63, 3.8) is 0 Å². The number of hydrogen-bond donors (Lipinski definition) is 4. The van der Waals surface area contributed by atoms with Gasteiger partial charge in [0.2, 0.25) is 11.8 Å². The van der Waals surface area contributed by atoms with E-state index in [0.717, 1.165) is 12.8 Å². The van der Waals surface area contributed by atoms with Crippen molar-refractivity contribution in [1.82, 2.24) is 10.9 Å². The normalized spacial score (nSPS) is 26.7. The van der Waals surface area contributed by atoms with Crippen LogP contribution in [0.5, 0.6) is 0 Å². The number of rotatable bonds is 2. The van der Waals surface area contributed by atoms with Crippen molar-refractivity contribution in [1.29, 1.82) is 0 Å². The van der Waals surface area contributed by atoms with Gasteiger partial charge in [-0.3, -0.25) is 20.4 Å². The molecule has 0 radical (unpaired) electrons. The van der Waals surface area contributed by atoms with Crippen LogP contribution in [0.3, 0.4) is 0 Å². The molecule has 6 N–H and O–H groups in total. The number of amides is 2. The molecule has 1 rings (SSSR count). The van der Waals surface area contributed by atoms with Gasteiger partial charge in [-0.2, -0.15) is 0 Å². The maximum absolute atomic E-state index is 11.3. The van der Waals surface area contributed by atoms with Crippen LogP contribution in [0.15, 0.2) is 0 Å². The Balaban J connectivity index is 2.68. The fraction of sp³-hybridized carbons (Fsp3) is 0.750. The standard InChI is InChI=1S/C8H16N4O2/c9-11-7(13)5-3-1-2-4-6(5)8(14)12-10/h5-6H,1-4,9-10H2,(H,11,13)(H,12,14)/t5-,6?/m0/s1. The highest BCUT2D eigenvalue weighted by Crippen LogP contribution is 2.29. The van der Waals surface area contributed by atoms with E-state index in [9.17, 15) is 9.59 Å². The average molecular weight is 200 g/mol. The summed E-state index contributed by atoms with van der Waals surface area (Å²) in [5.41, 5.74) is 4.17. The molecule has 1 fully saturated rings. The molecule has 0 aromatic heterocycles. The van der Waals surface area contributed by atoms with Gasteiger partial charge >= 0.3 is 0 Å². The molecular formula is C8H16N4O2. The lowest BCUT2D eigenvalue weighted by molar-refractivity contribution is -0.136. The Kier molecular flexibility index (Phi) is 3.84. The molecule has 0 saturated heterocycles. The van der Waals surface area contributed by atoms with Crippen molar-refractivity contribution in [3.8, 4) is 0 Å². The molecule has 6 nitrogen and oxygen atoms in total. The Labute approximate surface area is 82.3 Å². The van der Waals surface area contributed by atoms with E-state index < -0.39 is 0 Å². The lowest BCUT2D eigenvalue weighted by Crippen LogP contribution is -2.47. The van der Waals surface area contributed by atoms with Gasteiger partial charge in [0, 0.05) is 0 Å². The lowest BCUT2D eigenvalue weighted by Gasteiger charge is -2.28. The maximum atomic E-state index is 11.3. The van der Waals surface area contributed by atoms with Crippen molar-refractivity contribution in [2.24, 2.45) is 23.5 Å². The molecule has 0 aromatic rings. The van der Waals surface area contributed by atoms with Gasteiger partial charge in [0.05, 0.1) is 11.8 Å². The summed E-state index contributed by atoms with van der Waals surface area (Å²) in [4.78, 5) is 22.7. The molecule has 1 saturated carbocycles. The first kappa shape index (κ1) is 10.9. The van der Waals surface area contributed by atoms with Crippen LogP contribution in [0.2, 0.25) is 0 Å². The molecule has 1 unspecified atom stereocenters. The minimum absolute atomic E-state index is 0.279. The Morgan fingerprint density at radius 3 is 1.57 bits per heavy atom.